The zero-order valence-corrected chi connectivity index (χ0v) is 17.3. The van der Waals surface area contributed by atoms with Gasteiger partial charge in [-0.1, -0.05) is 18.2 Å². The number of para-hydroxylation sites is 1. The summed E-state index contributed by atoms with van der Waals surface area (Å²) in [6.45, 7) is 3.88. The molecular formula is C20H19IN2O4. The van der Waals surface area contributed by atoms with E-state index >= 15 is 0 Å². The first-order valence-corrected chi connectivity index (χ1v) is 9.45. The molecule has 140 valence electrons. The van der Waals surface area contributed by atoms with Crippen molar-refractivity contribution in [1.29, 1.82) is 0 Å². The van der Waals surface area contributed by atoms with Gasteiger partial charge in [-0.05, 0) is 72.3 Å². The number of hydrogen-bond acceptors (Lipinski definition) is 4. The lowest BCUT2D eigenvalue weighted by Crippen LogP contribution is -2.30. The second-order valence-electron chi connectivity index (χ2n) is 6.16. The number of carbonyl (C=O) groups excluding carboxylic acids is 2. The van der Waals surface area contributed by atoms with Crippen LogP contribution in [-0.4, -0.2) is 25.2 Å². The SMILES string of the molecule is COc1cc(/C=C2\NC(=O)N(c3ccccc3)C2=O)cc(I)c1OC(C)C. The first-order valence-electron chi connectivity index (χ1n) is 8.37. The Hall–Kier alpha value is -2.55. The number of imide groups is 1. The molecule has 1 saturated heterocycles. The van der Waals surface area contributed by atoms with Crippen LogP contribution in [0.4, 0.5) is 10.5 Å². The minimum Gasteiger partial charge on any atom is -0.493 e. The lowest BCUT2D eigenvalue weighted by atomic mass is 10.1. The molecule has 0 saturated carbocycles. The van der Waals surface area contributed by atoms with Gasteiger partial charge < -0.3 is 14.8 Å². The summed E-state index contributed by atoms with van der Waals surface area (Å²) in [6, 6.07) is 12.0. The molecule has 0 atom stereocenters. The van der Waals surface area contributed by atoms with Gasteiger partial charge in [-0.2, -0.15) is 0 Å². The smallest absolute Gasteiger partial charge is 0.333 e. The molecule has 0 aromatic heterocycles. The fourth-order valence-corrected chi connectivity index (χ4v) is 3.44. The van der Waals surface area contributed by atoms with Crippen LogP contribution in [0.15, 0.2) is 48.2 Å². The van der Waals surface area contributed by atoms with E-state index in [-0.39, 0.29) is 11.8 Å². The van der Waals surface area contributed by atoms with E-state index in [0.29, 0.717) is 17.2 Å². The van der Waals surface area contributed by atoms with E-state index in [2.05, 4.69) is 27.9 Å². The molecule has 3 amide bonds. The van der Waals surface area contributed by atoms with Gasteiger partial charge in [-0.3, -0.25) is 4.79 Å². The Morgan fingerprint density at radius 2 is 1.85 bits per heavy atom. The predicted molar refractivity (Wildman–Crippen MR) is 112 cm³/mol. The molecule has 1 fully saturated rings. The van der Waals surface area contributed by atoms with Crippen LogP contribution in [0.3, 0.4) is 0 Å². The van der Waals surface area contributed by atoms with Crippen molar-refractivity contribution in [2.24, 2.45) is 0 Å². The molecule has 1 N–H and O–H groups in total. The topological polar surface area (TPSA) is 67.9 Å². The first kappa shape index (κ1) is 19.2. The van der Waals surface area contributed by atoms with Crippen LogP contribution in [0.25, 0.3) is 6.08 Å². The van der Waals surface area contributed by atoms with Crippen molar-refractivity contribution < 1.29 is 19.1 Å². The number of methoxy groups -OCH3 is 1. The number of nitrogens with one attached hydrogen (secondary N) is 1. The first-order chi connectivity index (χ1) is 12.9. The van der Waals surface area contributed by atoms with Gasteiger partial charge in [0.25, 0.3) is 5.91 Å². The average Bonchev–Trinajstić information content (AvgIpc) is 2.91. The van der Waals surface area contributed by atoms with E-state index < -0.39 is 11.9 Å². The molecule has 1 aliphatic rings. The number of ether oxygens (including phenoxy) is 2. The van der Waals surface area contributed by atoms with E-state index in [1.165, 1.54) is 0 Å². The van der Waals surface area contributed by atoms with Gasteiger partial charge in [-0.15, -0.1) is 0 Å². The summed E-state index contributed by atoms with van der Waals surface area (Å²) in [5.74, 6) is 0.824. The van der Waals surface area contributed by atoms with E-state index in [0.717, 1.165) is 14.0 Å². The molecule has 27 heavy (non-hydrogen) atoms. The van der Waals surface area contributed by atoms with Gasteiger partial charge in [-0.25, -0.2) is 9.69 Å². The number of amides is 3. The third kappa shape index (κ3) is 4.08. The molecule has 7 heteroatoms. The summed E-state index contributed by atoms with van der Waals surface area (Å²) < 4.78 is 12.1. The number of hydrogen-bond donors (Lipinski definition) is 1. The van der Waals surface area contributed by atoms with Crippen molar-refractivity contribution in [3.8, 4) is 11.5 Å². The highest BCUT2D eigenvalue weighted by Crippen LogP contribution is 2.35. The second kappa shape index (κ2) is 7.99. The number of benzene rings is 2. The molecule has 0 unspecified atom stereocenters. The third-order valence-electron chi connectivity index (χ3n) is 3.81. The summed E-state index contributed by atoms with van der Waals surface area (Å²) in [4.78, 5) is 26.1. The Balaban J connectivity index is 1.94. The van der Waals surface area contributed by atoms with Crippen LogP contribution in [0.5, 0.6) is 11.5 Å². The Labute approximate surface area is 171 Å². The summed E-state index contributed by atoms with van der Waals surface area (Å²) in [5, 5.41) is 2.63. The Morgan fingerprint density at radius 1 is 1.15 bits per heavy atom. The summed E-state index contributed by atoms with van der Waals surface area (Å²) in [6.07, 6.45) is 1.64. The fourth-order valence-electron chi connectivity index (χ4n) is 2.69. The maximum absolute atomic E-state index is 12.7. The lowest BCUT2D eigenvalue weighted by molar-refractivity contribution is -0.113. The molecule has 0 spiro atoms. The van der Waals surface area contributed by atoms with Crippen LogP contribution in [0, 0.1) is 3.57 Å². The number of rotatable bonds is 5. The van der Waals surface area contributed by atoms with Gasteiger partial charge in [0.05, 0.1) is 22.5 Å². The fraction of sp³-hybridized carbons (Fsp3) is 0.200. The van der Waals surface area contributed by atoms with Crippen molar-refractivity contribution in [3.63, 3.8) is 0 Å². The van der Waals surface area contributed by atoms with Crippen molar-refractivity contribution in [1.82, 2.24) is 5.32 Å². The number of halogens is 1. The number of nitrogens with zero attached hydrogens (tertiary/aromatic N) is 1. The van der Waals surface area contributed by atoms with E-state index in [4.69, 9.17) is 9.47 Å². The van der Waals surface area contributed by atoms with Gasteiger partial charge >= 0.3 is 6.03 Å². The number of urea groups is 1. The molecule has 0 aliphatic carbocycles. The molecular weight excluding hydrogens is 459 g/mol. The van der Waals surface area contributed by atoms with E-state index in [1.807, 2.05) is 26.0 Å². The van der Waals surface area contributed by atoms with Crippen LogP contribution in [0.2, 0.25) is 0 Å². The van der Waals surface area contributed by atoms with E-state index in [9.17, 15) is 9.59 Å². The minimum absolute atomic E-state index is 0.00625. The Morgan fingerprint density at radius 3 is 2.48 bits per heavy atom. The van der Waals surface area contributed by atoms with Gasteiger partial charge in [0.15, 0.2) is 11.5 Å². The van der Waals surface area contributed by atoms with Crippen LogP contribution >= 0.6 is 22.6 Å². The highest BCUT2D eigenvalue weighted by atomic mass is 127. The minimum atomic E-state index is -0.473. The summed E-state index contributed by atoms with van der Waals surface area (Å²) in [7, 11) is 1.56. The maximum Gasteiger partial charge on any atom is 0.333 e. The van der Waals surface area contributed by atoms with Gasteiger partial charge in [0.1, 0.15) is 5.70 Å². The van der Waals surface area contributed by atoms with Crippen molar-refractivity contribution in [2.45, 2.75) is 20.0 Å². The van der Waals surface area contributed by atoms with Gasteiger partial charge in [0.2, 0.25) is 0 Å². The molecule has 1 aliphatic heterocycles. The highest BCUT2D eigenvalue weighted by molar-refractivity contribution is 14.1. The molecule has 3 rings (SSSR count). The summed E-state index contributed by atoms with van der Waals surface area (Å²) >= 11 is 2.16. The number of anilines is 1. The normalized spacial score (nSPS) is 15.4. The van der Waals surface area contributed by atoms with Crippen molar-refractivity contribution in [2.75, 3.05) is 12.0 Å². The molecule has 6 nitrogen and oxygen atoms in total. The largest absolute Gasteiger partial charge is 0.493 e. The standard InChI is InChI=1S/C20H19IN2O4/c1-12(2)27-18-15(21)9-13(11-17(18)26-3)10-16-19(24)23(20(25)22-16)14-7-5-4-6-8-14/h4-12H,1-3H3,(H,22,25)/b16-10-. The average molecular weight is 478 g/mol. The monoisotopic (exact) mass is 478 g/mol. The van der Waals surface area contributed by atoms with Crippen LogP contribution in [0.1, 0.15) is 19.4 Å². The predicted octanol–water partition coefficient (Wildman–Crippen LogP) is 4.18. The lowest BCUT2D eigenvalue weighted by Gasteiger charge is -2.16. The molecule has 2 aromatic carbocycles. The second-order valence-corrected chi connectivity index (χ2v) is 7.33. The number of carbonyl (C=O) groups is 2. The molecule has 0 radical (unpaired) electrons. The van der Waals surface area contributed by atoms with Crippen LogP contribution in [-0.2, 0) is 4.79 Å². The Bertz CT molecular complexity index is 910. The van der Waals surface area contributed by atoms with Crippen LogP contribution < -0.4 is 19.7 Å². The van der Waals surface area contributed by atoms with Crippen molar-refractivity contribution >= 4 is 46.3 Å². The van der Waals surface area contributed by atoms with E-state index in [1.54, 1.807) is 43.5 Å². The molecule has 2 aromatic rings. The van der Waals surface area contributed by atoms with Crippen molar-refractivity contribution in [3.05, 3.63) is 57.3 Å². The zero-order valence-electron chi connectivity index (χ0n) is 15.2. The Kier molecular flexibility index (Phi) is 5.69. The molecule has 0 bridgehead atoms. The third-order valence-corrected chi connectivity index (χ3v) is 4.61. The summed E-state index contributed by atoms with van der Waals surface area (Å²) in [5.41, 5.74) is 1.46. The van der Waals surface area contributed by atoms with Gasteiger partial charge in [0, 0.05) is 0 Å². The zero-order chi connectivity index (χ0) is 19.6. The molecule has 1 heterocycles. The highest BCUT2D eigenvalue weighted by Gasteiger charge is 2.34. The quantitative estimate of drug-likeness (QED) is 0.398. The maximum atomic E-state index is 12.7.